The van der Waals surface area contributed by atoms with Crippen LogP contribution < -0.4 is 40.3 Å². The maximum Gasteiger partial charge on any atom is 0.274 e. The van der Waals surface area contributed by atoms with E-state index in [1.54, 1.807) is 9.58 Å². The third-order valence-corrected chi connectivity index (χ3v) is 5.43. The summed E-state index contributed by atoms with van der Waals surface area (Å²) >= 11 is 0. The minimum atomic E-state index is 0. The second-order valence-electron chi connectivity index (χ2n) is 7.35. The number of fused-ring (bicyclic) bond motifs is 1. The highest BCUT2D eigenvalue weighted by atomic mass is 35.5. The van der Waals surface area contributed by atoms with Crippen LogP contribution in [0, 0.1) is 0 Å². The van der Waals surface area contributed by atoms with Crippen LogP contribution in [-0.2, 0) is 6.42 Å². The first kappa shape index (κ1) is 22.3. The standard InChI is InChI=1S/C21H24N4O.2ClH/c1-24-13-6-8-17(11-14-24)25-21(26)19-10-3-2-9-18(19)20(23-25)15-16-7-4-5-12-22-16;;/h2-5,7,9-10,12,17H,6,8,11,13-15H2,1H3;2*1H. The second-order valence-corrected chi connectivity index (χ2v) is 7.35. The second kappa shape index (κ2) is 10.0. The number of rotatable bonds is 3. The van der Waals surface area contributed by atoms with Gasteiger partial charge >= 0.3 is 0 Å². The van der Waals surface area contributed by atoms with E-state index in [0.717, 1.165) is 48.0 Å². The molecule has 0 bridgehead atoms. The summed E-state index contributed by atoms with van der Waals surface area (Å²) in [5.41, 5.74) is 2.11. The van der Waals surface area contributed by atoms with Gasteiger partial charge in [-0.3, -0.25) is 4.79 Å². The molecule has 0 aliphatic carbocycles. The molecule has 4 rings (SSSR count). The zero-order valence-corrected chi connectivity index (χ0v) is 17.5. The van der Waals surface area contributed by atoms with E-state index in [0.29, 0.717) is 6.42 Å². The Bertz CT molecular complexity index is 962. The highest BCUT2D eigenvalue weighted by Gasteiger charge is 2.22. The van der Waals surface area contributed by atoms with E-state index in [1.165, 1.54) is 6.54 Å². The number of hydrogen-bond acceptors (Lipinski definition) is 2. The molecule has 2 unspecified atom stereocenters. The van der Waals surface area contributed by atoms with Gasteiger partial charge in [0, 0.05) is 23.9 Å². The summed E-state index contributed by atoms with van der Waals surface area (Å²) in [6.45, 7) is 2.26. The van der Waals surface area contributed by atoms with Crippen molar-refractivity contribution in [2.75, 3.05) is 20.1 Å². The van der Waals surface area contributed by atoms with Crippen molar-refractivity contribution in [1.82, 2.24) is 9.78 Å². The first-order valence-corrected chi connectivity index (χ1v) is 9.49. The van der Waals surface area contributed by atoms with E-state index in [9.17, 15) is 4.79 Å². The number of likely N-dealkylation sites (tertiary alicyclic amines) is 1. The molecule has 1 aliphatic rings. The van der Waals surface area contributed by atoms with Crippen LogP contribution in [0.5, 0.6) is 0 Å². The summed E-state index contributed by atoms with van der Waals surface area (Å²) < 4.78 is 1.78. The van der Waals surface area contributed by atoms with Crippen molar-refractivity contribution in [3.8, 4) is 0 Å². The minimum absolute atomic E-state index is 0. The molecule has 1 aliphatic heterocycles. The molecule has 2 N–H and O–H groups in total. The fourth-order valence-corrected chi connectivity index (χ4v) is 3.94. The Morgan fingerprint density at radius 1 is 1.07 bits per heavy atom. The number of quaternary nitrogens is 1. The van der Waals surface area contributed by atoms with Gasteiger partial charge < -0.3 is 29.7 Å². The molecule has 0 spiro atoms. The van der Waals surface area contributed by atoms with Gasteiger partial charge in [0.15, 0.2) is 11.9 Å². The van der Waals surface area contributed by atoms with Gasteiger partial charge in [0.05, 0.1) is 43.7 Å². The van der Waals surface area contributed by atoms with Gasteiger partial charge in [-0.2, -0.15) is 5.10 Å². The number of nitrogens with zero attached hydrogens (tertiary/aromatic N) is 2. The van der Waals surface area contributed by atoms with E-state index >= 15 is 0 Å². The average molecular weight is 421 g/mol. The lowest BCUT2D eigenvalue weighted by Crippen LogP contribution is -3.08. The van der Waals surface area contributed by atoms with Crippen molar-refractivity contribution < 1.29 is 34.7 Å². The van der Waals surface area contributed by atoms with Gasteiger partial charge in [0.1, 0.15) is 0 Å². The lowest BCUT2D eigenvalue weighted by Gasteiger charge is -2.18. The molecule has 2 atom stereocenters. The van der Waals surface area contributed by atoms with Gasteiger partial charge in [-0.1, -0.05) is 24.3 Å². The molecule has 0 radical (unpaired) electrons. The monoisotopic (exact) mass is 420 g/mol. The number of aromatic amines is 1. The molecule has 1 aromatic carbocycles. The molecule has 0 saturated carbocycles. The number of nitrogens with one attached hydrogen (secondary N) is 2. The van der Waals surface area contributed by atoms with E-state index in [-0.39, 0.29) is 36.4 Å². The van der Waals surface area contributed by atoms with Gasteiger partial charge in [-0.25, -0.2) is 9.67 Å². The number of H-pyrrole nitrogens is 1. The average Bonchev–Trinajstić information content (AvgIpc) is 2.89. The Balaban J connectivity index is 0.00000140. The quantitative estimate of drug-likeness (QED) is 0.461. The molecular weight excluding hydrogens is 395 g/mol. The van der Waals surface area contributed by atoms with Gasteiger partial charge in [0.25, 0.3) is 5.56 Å². The summed E-state index contributed by atoms with van der Waals surface area (Å²) in [6.07, 6.45) is 5.80. The van der Waals surface area contributed by atoms with Crippen LogP contribution in [0.1, 0.15) is 36.7 Å². The molecule has 1 saturated heterocycles. The predicted octanol–water partition coefficient (Wildman–Crippen LogP) is -4.95. The van der Waals surface area contributed by atoms with Crippen LogP contribution in [0.2, 0.25) is 0 Å². The van der Waals surface area contributed by atoms with E-state index in [4.69, 9.17) is 5.10 Å². The van der Waals surface area contributed by atoms with Gasteiger partial charge in [-0.15, -0.1) is 0 Å². The number of halogens is 2. The fourth-order valence-electron chi connectivity index (χ4n) is 3.94. The third-order valence-electron chi connectivity index (χ3n) is 5.43. The number of benzene rings is 1. The fraction of sp³-hybridized carbons (Fsp3) is 0.381. The molecule has 1 fully saturated rings. The molecule has 7 heteroatoms. The molecular formula is C21H26Cl2N4O. The van der Waals surface area contributed by atoms with Crippen LogP contribution in [0.25, 0.3) is 10.8 Å². The summed E-state index contributed by atoms with van der Waals surface area (Å²) in [7, 11) is 2.23. The molecule has 3 aromatic rings. The third kappa shape index (κ3) is 4.72. The Morgan fingerprint density at radius 3 is 2.57 bits per heavy atom. The maximum absolute atomic E-state index is 13.1. The Labute approximate surface area is 177 Å². The normalized spacial score (nSPS) is 19.3. The van der Waals surface area contributed by atoms with Crippen molar-refractivity contribution >= 4 is 10.8 Å². The van der Waals surface area contributed by atoms with Crippen LogP contribution in [0.15, 0.2) is 53.5 Å². The number of pyridine rings is 1. The summed E-state index contributed by atoms with van der Waals surface area (Å²) in [4.78, 5) is 17.9. The maximum atomic E-state index is 13.1. The van der Waals surface area contributed by atoms with Crippen molar-refractivity contribution in [2.45, 2.75) is 31.7 Å². The summed E-state index contributed by atoms with van der Waals surface area (Å²) in [5.74, 6) is 0. The topological polar surface area (TPSA) is 53.5 Å². The molecule has 150 valence electrons. The summed E-state index contributed by atoms with van der Waals surface area (Å²) in [5, 5.41) is 6.60. The number of aromatic nitrogens is 3. The van der Waals surface area contributed by atoms with Crippen molar-refractivity contribution in [3.63, 3.8) is 0 Å². The van der Waals surface area contributed by atoms with Gasteiger partial charge in [0.2, 0.25) is 0 Å². The van der Waals surface area contributed by atoms with Crippen LogP contribution in [0.4, 0.5) is 0 Å². The van der Waals surface area contributed by atoms with Gasteiger partial charge in [-0.05, 0) is 18.9 Å². The Hall–Kier alpha value is -1.95. The number of hydrogen-bond donors (Lipinski definition) is 1. The van der Waals surface area contributed by atoms with Crippen molar-refractivity contribution in [2.24, 2.45) is 0 Å². The smallest absolute Gasteiger partial charge is 0.274 e. The Kier molecular flexibility index (Phi) is 7.98. The molecule has 5 nitrogen and oxygen atoms in total. The predicted molar refractivity (Wildman–Crippen MR) is 101 cm³/mol. The lowest BCUT2D eigenvalue weighted by atomic mass is 10.1. The summed E-state index contributed by atoms with van der Waals surface area (Å²) in [6, 6.07) is 14.1. The highest BCUT2D eigenvalue weighted by molar-refractivity contribution is 5.83. The van der Waals surface area contributed by atoms with E-state index in [1.807, 2.05) is 42.6 Å². The van der Waals surface area contributed by atoms with Crippen molar-refractivity contribution in [1.29, 1.82) is 0 Å². The first-order chi connectivity index (χ1) is 12.7. The zero-order chi connectivity index (χ0) is 17.9. The molecule has 28 heavy (non-hydrogen) atoms. The van der Waals surface area contributed by atoms with Crippen LogP contribution in [0.3, 0.4) is 0 Å². The van der Waals surface area contributed by atoms with Crippen LogP contribution in [-0.4, -0.2) is 29.9 Å². The lowest BCUT2D eigenvalue weighted by molar-refractivity contribution is -0.878. The SMILES string of the molecule is C[NH+]1CCCC(n2nc(Cc3cccc[nH+]3)c3ccccc3c2=O)CC1.[Cl-].[Cl-]. The first-order valence-electron chi connectivity index (χ1n) is 9.49. The largest absolute Gasteiger partial charge is 1.00 e. The zero-order valence-electron chi connectivity index (χ0n) is 16.0. The highest BCUT2D eigenvalue weighted by Crippen LogP contribution is 2.20. The van der Waals surface area contributed by atoms with E-state index in [2.05, 4.69) is 18.1 Å². The Morgan fingerprint density at radius 2 is 1.82 bits per heavy atom. The molecule has 2 aromatic heterocycles. The van der Waals surface area contributed by atoms with Crippen LogP contribution >= 0.6 is 0 Å². The molecule has 0 amide bonds. The minimum Gasteiger partial charge on any atom is -1.00 e. The van der Waals surface area contributed by atoms with Crippen molar-refractivity contribution in [3.05, 3.63) is 70.4 Å². The molecule has 3 heterocycles. The van der Waals surface area contributed by atoms with E-state index < -0.39 is 0 Å².